The lowest BCUT2D eigenvalue weighted by atomic mass is 9.87. The first-order valence-electron chi connectivity index (χ1n) is 6.70. The molecule has 3 N–H and O–H groups in total. The average Bonchev–Trinajstić information content (AvgIpc) is 2.70. The molecule has 1 aromatic rings. The number of nitrogens with one attached hydrogen (secondary N) is 1. The van der Waals surface area contributed by atoms with Gasteiger partial charge in [0.2, 0.25) is 10.0 Å². The Hall–Kier alpha value is -0.920. The van der Waals surface area contributed by atoms with Crippen LogP contribution < -0.4 is 10.5 Å². The summed E-state index contributed by atoms with van der Waals surface area (Å²) in [4.78, 5) is 12.2. The molecule has 0 bridgehead atoms. The SMILES string of the molecule is Cc1c(C(=O)NC2CCCC(C)C2)csc1S(N)(=O)=O. The normalized spacial score (nSPS) is 23.6. The summed E-state index contributed by atoms with van der Waals surface area (Å²) >= 11 is 1.00. The van der Waals surface area contributed by atoms with E-state index < -0.39 is 10.0 Å². The van der Waals surface area contributed by atoms with Crippen LogP contribution in [-0.4, -0.2) is 20.4 Å². The zero-order valence-electron chi connectivity index (χ0n) is 11.7. The molecule has 2 rings (SSSR count). The van der Waals surface area contributed by atoms with Gasteiger partial charge in [0.15, 0.2) is 0 Å². The van der Waals surface area contributed by atoms with Crippen molar-refractivity contribution in [1.82, 2.24) is 5.32 Å². The minimum absolute atomic E-state index is 0.0691. The highest BCUT2D eigenvalue weighted by Crippen LogP contribution is 2.27. The van der Waals surface area contributed by atoms with Crippen LogP contribution in [0.5, 0.6) is 0 Å². The molecule has 112 valence electrons. The number of thiophene rings is 1. The lowest BCUT2D eigenvalue weighted by Crippen LogP contribution is -2.38. The summed E-state index contributed by atoms with van der Waals surface area (Å²) in [5.41, 5.74) is 0.858. The van der Waals surface area contributed by atoms with Crippen molar-refractivity contribution in [2.75, 3.05) is 0 Å². The average molecular weight is 316 g/mol. The maximum atomic E-state index is 12.2. The molecule has 7 heteroatoms. The van der Waals surface area contributed by atoms with Crippen molar-refractivity contribution in [2.24, 2.45) is 11.1 Å². The minimum Gasteiger partial charge on any atom is -0.349 e. The van der Waals surface area contributed by atoms with Gasteiger partial charge in [0, 0.05) is 11.4 Å². The summed E-state index contributed by atoms with van der Waals surface area (Å²) in [6.07, 6.45) is 4.30. The summed E-state index contributed by atoms with van der Waals surface area (Å²) in [5.74, 6) is 0.422. The van der Waals surface area contributed by atoms with Gasteiger partial charge in [-0.15, -0.1) is 11.3 Å². The van der Waals surface area contributed by atoms with E-state index in [4.69, 9.17) is 5.14 Å². The van der Waals surface area contributed by atoms with Gasteiger partial charge in [0.25, 0.3) is 5.91 Å². The van der Waals surface area contributed by atoms with Crippen molar-refractivity contribution >= 4 is 27.3 Å². The summed E-state index contributed by atoms with van der Waals surface area (Å²) in [5, 5.41) is 9.69. The van der Waals surface area contributed by atoms with Crippen LogP contribution in [0.4, 0.5) is 0 Å². The number of carbonyl (C=O) groups is 1. The topological polar surface area (TPSA) is 89.3 Å². The van der Waals surface area contributed by atoms with Crippen molar-refractivity contribution in [1.29, 1.82) is 0 Å². The van der Waals surface area contributed by atoms with E-state index in [9.17, 15) is 13.2 Å². The van der Waals surface area contributed by atoms with Gasteiger partial charge < -0.3 is 5.32 Å². The first-order valence-corrected chi connectivity index (χ1v) is 9.13. The lowest BCUT2D eigenvalue weighted by Gasteiger charge is -2.27. The first kappa shape index (κ1) is 15.5. The van der Waals surface area contributed by atoms with Crippen LogP contribution in [-0.2, 0) is 10.0 Å². The number of primary sulfonamides is 1. The third-order valence-corrected chi connectivity index (χ3v) is 6.45. The summed E-state index contributed by atoms with van der Waals surface area (Å²) in [6.45, 7) is 3.81. The number of hydrogen-bond acceptors (Lipinski definition) is 4. The fourth-order valence-electron chi connectivity index (χ4n) is 2.73. The lowest BCUT2D eigenvalue weighted by molar-refractivity contribution is 0.0921. The molecule has 0 spiro atoms. The van der Waals surface area contributed by atoms with Crippen LogP contribution in [0.1, 0.15) is 48.5 Å². The second kappa shape index (κ2) is 5.83. The van der Waals surface area contributed by atoms with Gasteiger partial charge >= 0.3 is 0 Å². The number of amides is 1. The molecule has 0 saturated heterocycles. The maximum absolute atomic E-state index is 12.2. The van der Waals surface area contributed by atoms with Crippen molar-refractivity contribution < 1.29 is 13.2 Å². The quantitative estimate of drug-likeness (QED) is 0.894. The van der Waals surface area contributed by atoms with E-state index in [1.165, 1.54) is 6.42 Å². The fraction of sp³-hybridized carbons (Fsp3) is 0.615. The zero-order valence-corrected chi connectivity index (χ0v) is 13.3. The molecular formula is C13H20N2O3S2. The van der Waals surface area contributed by atoms with Crippen LogP contribution in [0.3, 0.4) is 0 Å². The van der Waals surface area contributed by atoms with Crippen molar-refractivity contribution in [3.8, 4) is 0 Å². The minimum atomic E-state index is -3.75. The van der Waals surface area contributed by atoms with Crippen molar-refractivity contribution in [2.45, 2.75) is 49.8 Å². The van der Waals surface area contributed by atoms with Gasteiger partial charge in [0.05, 0.1) is 5.56 Å². The van der Waals surface area contributed by atoms with Gasteiger partial charge in [-0.3, -0.25) is 4.79 Å². The molecule has 0 aromatic carbocycles. The fourth-order valence-corrected chi connectivity index (χ4v) is 4.74. The third-order valence-electron chi connectivity index (χ3n) is 3.77. The monoisotopic (exact) mass is 316 g/mol. The number of rotatable bonds is 3. The zero-order chi connectivity index (χ0) is 14.9. The van der Waals surface area contributed by atoms with Crippen molar-refractivity contribution in [3.63, 3.8) is 0 Å². The molecule has 20 heavy (non-hydrogen) atoms. The number of hydrogen-bond donors (Lipinski definition) is 2. The predicted molar refractivity (Wildman–Crippen MR) is 79.3 cm³/mol. The van der Waals surface area contributed by atoms with E-state index in [1.54, 1.807) is 12.3 Å². The van der Waals surface area contributed by atoms with E-state index in [1.807, 2.05) is 0 Å². The molecule has 1 aliphatic carbocycles. The standard InChI is InChI=1S/C13H20N2O3S2/c1-8-4-3-5-10(6-8)15-12(16)11-7-19-13(9(11)2)20(14,17)18/h7-8,10H,3-6H2,1-2H3,(H,15,16)(H2,14,17,18). The van der Waals surface area contributed by atoms with Gasteiger partial charge in [0.1, 0.15) is 4.21 Å². The largest absolute Gasteiger partial charge is 0.349 e. The molecule has 1 aliphatic rings. The molecule has 1 heterocycles. The number of sulfonamides is 1. The van der Waals surface area contributed by atoms with Crippen LogP contribution in [0.15, 0.2) is 9.59 Å². The Balaban J connectivity index is 2.12. The predicted octanol–water partition coefficient (Wildman–Crippen LogP) is 2.01. The summed E-state index contributed by atoms with van der Waals surface area (Å²) in [7, 11) is -3.75. The van der Waals surface area contributed by atoms with Crippen LogP contribution >= 0.6 is 11.3 Å². The maximum Gasteiger partial charge on any atom is 0.252 e. The highest BCUT2D eigenvalue weighted by atomic mass is 32.2. The molecule has 0 radical (unpaired) electrons. The molecule has 5 nitrogen and oxygen atoms in total. The van der Waals surface area contributed by atoms with E-state index in [0.29, 0.717) is 17.0 Å². The van der Waals surface area contributed by atoms with Gasteiger partial charge in [-0.25, -0.2) is 13.6 Å². The smallest absolute Gasteiger partial charge is 0.252 e. The van der Waals surface area contributed by atoms with E-state index in [-0.39, 0.29) is 16.2 Å². The molecule has 1 aromatic heterocycles. The molecular weight excluding hydrogens is 296 g/mol. The second-order valence-corrected chi connectivity index (χ2v) is 8.19. The molecule has 1 fully saturated rings. The first-order chi connectivity index (χ1) is 9.29. The third kappa shape index (κ3) is 3.39. The molecule has 1 saturated carbocycles. The van der Waals surface area contributed by atoms with Gasteiger partial charge in [-0.05, 0) is 31.2 Å². The molecule has 2 atom stereocenters. The van der Waals surface area contributed by atoms with Gasteiger partial charge in [-0.1, -0.05) is 19.8 Å². The van der Waals surface area contributed by atoms with Crippen molar-refractivity contribution in [3.05, 3.63) is 16.5 Å². The number of nitrogens with two attached hydrogens (primary N) is 1. The second-order valence-electron chi connectivity index (χ2n) is 5.55. The highest BCUT2D eigenvalue weighted by Gasteiger charge is 2.24. The van der Waals surface area contributed by atoms with E-state index in [0.717, 1.165) is 30.6 Å². The summed E-state index contributed by atoms with van der Waals surface area (Å²) < 4.78 is 22.8. The number of carbonyl (C=O) groups excluding carboxylic acids is 1. The van der Waals surface area contributed by atoms with E-state index in [2.05, 4.69) is 12.2 Å². The summed E-state index contributed by atoms with van der Waals surface area (Å²) in [6, 6.07) is 0.184. The Morgan fingerprint density at radius 2 is 2.15 bits per heavy atom. The Labute approximate surface area is 123 Å². The van der Waals surface area contributed by atoms with Gasteiger partial charge in [-0.2, -0.15) is 0 Å². The Kier molecular flexibility index (Phi) is 4.51. The van der Waals surface area contributed by atoms with Crippen LogP contribution in [0.2, 0.25) is 0 Å². The Morgan fingerprint density at radius 3 is 2.70 bits per heavy atom. The van der Waals surface area contributed by atoms with Crippen LogP contribution in [0, 0.1) is 12.8 Å². The molecule has 1 amide bonds. The molecule has 0 aliphatic heterocycles. The van der Waals surface area contributed by atoms with E-state index >= 15 is 0 Å². The highest BCUT2D eigenvalue weighted by molar-refractivity contribution is 7.91. The Bertz CT molecular complexity index is 607. The van der Waals surface area contributed by atoms with Crippen LogP contribution in [0.25, 0.3) is 0 Å². The Morgan fingerprint density at radius 1 is 1.45 bits per heavy atom. The molecule has 2 unspecified atom stereocenters.